The van der Waals surface area contributed by atoms with Crippen LogP contribution in [0.2, 0.25) is 0 Å². The van der Waals surface area contributed by atoms with Crippen LogP contribution in [0.4, 0.5) is 11.4 Å². The number of hydrogen-bond donors (Lipinski definition) is 0. The molecule has 2 aromatic carbocycles. The average molecular weight is 270 g/mol. The predicted molar refractivity (Wildman–Crippen MR) is 61.3 cm³/mol. The summed E-state index contributed by atoms with van der Waals surface area (Å²) < 4.78 is 0. The molecule has 17 heavy (non-hydrogen) atoms. The summed E-state index contributed by atoms with van der Waals surface area (Å²) in [5, 5.41) is 4.44. The molecule has 0 spiro atoms. The second-order valence-electron chi connectivity index (χ2n) is 2.78. The molecule has 1 nitrogen and oxygen atoms in total. The summed E-state index contributed by atoms with van der Waals surface area (Å²) in [6.45, 7) is 0. The number of halogens is 2. The Hall–Kier alpha value is 0.184. The Bertz CT molecular complexity index is 335. The smallest absolute Gasteiger partial charge is 1.00 e. The second-order valence-corrected chi connectivity index (χ2v) is 2.78. The van der Waals surface area contributed by atoms with Crippen molar-refractivity contribution >= 4 is 34.4 Å². The standard InChI is InChI=1S/C12H10N.2ClH.Li.Mg/c1-3-7-11(8-4-1)13-12-9-5-2-6-10-12;;;;/h1-10H;2*1H;;/q-1;;;+1;+2/p-2. The van der Waals surface area contributed by atoms with Crippen LogP contribution in [0.1, 0.15) is 0 Å². The molecule has 0 aliphatic rings. The Kier molecular flexibility index (Phi) is 16.6. The van der Waals surface area contributed by atoms with Crippen molar-refractivity contribution < 1.29 is 43.7 Å². The molecule has 5 heteroatoms. The van der Waals surface area contributed by atoms with Gasteiger partial charge in [0.25, 0.3) is 0 Å². The molecule has 0 saturated carbocycles. The predicted octanol–water partition coefficient (Wildman–Crippen LogP) is -5.35. The summed E-state index contributed by atoms with van der Waals surface area (Å²) in [7, 11) is 0. The van der Waals surface area contributed by atoms with Gasteiger partial charge in [0.05, 0.1) is 0 Å². The number of hydrogen-bond acceptors (Lipinski definition) is 0. The van der Waals surface area contributed by atoms with Crippen LogP contribution < -0.4 is 43.7 Å². The Morgan fingerprint density at radius 3 is 1.18 bits per heavy atom. The number of para-hydroxylation sites is 2. The van der Waals surface area contributed by atoms with Crippen molar-refractivity contribution in [2.45, 2.75) is 0 Å². The van der Waals surface area contributed by atoms with Gasteiger partial charge in [-0.25, -0.2) is 0 Å². The molecule has 0 aliphatic heterocycles. The van der Waals surface area contributed by atoms with Crippen LogP contribution in [0, 0.1) is 0 Å². The van der Waals surface area contributed by atoms with E-state index in [1.807, 2.05) is 60.7 Å². The summed E-state index contributed by atoms with van der Waals surface area (Å²) in [4.78, 5) is 0. The minimum Gasteiger partial charge on any atom is -1.00 e. The van der Waals surface area contributed by atoms with Crippen LogP contribution in [0.25, 0.3) is 5.32 Å². The molecule has 0 aliphatic carbocycles. The average Bonchev–Trinajstić information content (AvgIpc) is 2.21. The van der Waals surface area contributed by atoms with Gasteiger partial charge >= 0.3 is 41.9 Å². The quantitative estimate of drug-likeness (QED) is 0.484. The molecule has 0 N–H and O–H groups in total. The van der Waals surface area contributed by atoms with Crippen molar-refractivity contribution in [3.63, 3.8) is 0 Å². The molecule has 0 bridgehead atoms. The third kappa shape index (κ3) is 7.99. The first-order valence-electron chi connectivity index (χ1n) is 4.27. The van der Waals surface area contributed by atoms with E-state index in [-0.39, 0.29) is 66.7 Å². The zero-order chi connectivity index (χ0) is 8.93. The summed E-state index contributed by atoms with van der Waals surface area (Å²) >= 11 is 0. The third-order valence-electron chi connectivity index (χ3n) is 1.77. The van der Waals surface area contributed by atoms with E-state index in [1.54, 1.807) is 0 Å². The first kappa shape index (κ1) is 22.4. The molecule has 0 unspecified atom stereocenters. The number of nitrogens with zero attached hydrogens (tertiary/aromatic N) is 1. The van der Waals surface area contributed by atoms with Crippen molar-refractivity contribution in [1.29, 1.82) is 0 Å². The van der Waals surface area contributed by atoms with Gasteiger partial charge < -0.3 is 30.1 Å². The van der Waals surface area contributed by atoms with Crippen LogP contribution in [0.3, 0.4) is 0 Å². The maximum atomic E-state index is 4.44. The van der Waals surface area contributed by atoms with Gasteiger partial charge in [-0.2, -0.15) is 0 Å². The molecule has 0 aromatic heterocycles. The van der Waals surface area contributed by atoms with Gasteiger partial charge in [0.2, 0.25) is 0 Å². The summed E-state index contributed by atoms with van der Waals surface area (Å²) in [5.41, 5.74) is 1.99. The van der Waals surface area contributed by atoms with Crippen LogP contribution in [0.15, 0.2) is 60.7 Å². The van der Waals surface area contributed by atoms with E-state index in [1.165, 1.54) is 0 Å². The monoisotopic (exact) mass is 269 g/mol. The van der Waals surface area contributed by atoms with Crippen LogP contribution in [-0.4, -0.2) is 23.1 Å². The van der Waals surface area contributed by atoms with E-state index in [0.717, 1.165) is 11.4 Å². The molecule has 0 radical (unpaired) electrons. The van der Waals surface area contributed by atoms with Gasteiger partial charge in [0.15, 0.2) is 0 Å². The number of benzene rings is 2. The Morgan fingerprint density at radius 2 is 0.882 bits per heavy atom. The van der Waals surface area contributed by atoms with Gasteiger partial charge in [-0.15, -0.1) is 11.4 Å². The van der Waals surface area contributed by atoms with E-state index in [4.69, 9.17) is 0 Å². The first-order chi connectivity index (χ1) is 6.45. The van der Waals surface area contributed by atoms with Gasteiger partial charge in [-0.1, -0.05) is 60.7 Å². The van der Waals surface area contributed by atoms with Crippen LogP contribution in [0.5, 0.6) is 0 Å². The van der Waals surface area contributed by atoms with Crippen LogP contribution in [-0.2, 0) is 0 Å². The zero-order valence-electron chi connectivity index (χ0n) is 9.68. The van der Waals surface area contributed by atoms with Gasteiger partial charge in [-0.3, -0.25) is 0 Å². The van der Waals surface area contributed by atoms with Crippen molar-refractivity contribution in [2.24, 2.45) is 0 Å². The largest absolute Gasteiger partial charge is 2.00 e. The maximum absolute atomic E-state index is 4.44. The zero-order valence-corrected chi connectivity index (χ0v) is 12.6. The fourth-order valence-corrected chi connectivity index (χ4v) is 1.15. The van der Waals surface area contributed by atoms with E-state index in [0.29, 0.717) is 0 Å². The molecule has 80 valence electrons. The molecule has 0 heterocycles. The summed E-state index contributed by atoms with van der Waals surface area (Å²) in [6, 6.07) is 19.9. The normalized spacial score (nSPS) is 7.29. The molecule has 0 atom stereocenters. The van der Waals surface area contributed by atoms with E-state index >= 15 is 0 Å². The first-order valence-corrected chi connectivity index (χ1v) is 4.27. The second kappa shape index (κ2) is 12.6. The molecule has 0 fully saturated rings. The fraction of sp³-hybridized carbons (Fsp3) is 0. The van der Waals surface area contributed by atoms with Gasteiger partial charge in [0.1, 0.15) is 0 Å². The molecular formula is C12H10Cl2LiMgN. The Morgan fingerprint density at radius 1 is 0.588 bits per heavy atom. The van der Waals surface area contributed by atoms with E-state index in [9.17, 15) is 0 Å². The van der Waals surface area contributed by atoms with E-state index < -0.39 is 0 Å². The molecule has 2 rings (SSSR count). The minimum atomic E-state index is 0. The SMILES string of the molecule is [Cl-].[Cl-].[Li+].[Mg+2].c1ccc([N-]c2ccccc2)cc1. The molecular weight excluding hydrogens is 260 g/mol. The third-order valence-corrected chi connectivity index (χ3v) is 1.77. The van der Waals surface area contributed by atoms with Gasteiger partial charge in [-0.05, 0) is 0 Å². The summed E-state index contributed by atoms with van der Waals surface area (Å²) in [5.74, 6) is 0. The fourth-order valence-electron chi connectivity index (χ4n) is 1.15. The summed E-state index contributed by atoms with van der Waals surface area (Å²) in [6.07, 6.45) is 0. The van der Waals surface area contributed by atoms with Crippen molar-refractivity contribution in [2.75, 3.05) is 0 Å². The topological polar surface area (TPSA) is 14.1 Å². The molecule has 0 saturated heterocycles. The Balaban J connectivity index is -0.000000490. The van der Waals surface area contributed by atoms with Crippen molar-refractivity contribution in [1.82, 2.24) is 0 Å². The van der Waals surface area contributed by atoms with Crippen molar-refractivity contribution in [3.8, 4) is 0 Å². The van der Waals surface area contributed by atoms with Gasteiger partial charge in [0, 0.05) is 0 Å². The molecule has 0 amide bonds. The van der Waals surface area contributed by atoms with Crippen molar-refractivity contribution in [3.05, 3.63) is 66.0 Å². The minimum absolute atomic E-state index is 0. The van der Waals surface area contributed by atoms with E-state index in [2.05, 4.69) is 5.32 Å². The Labute approximate surface area is 143 Å². The molecule has 2 aromatic rings. The van der Waals surface area contributed by atoms with Crippen LogP contribution >= 0.6 is 0 Å². The maximum Gasteiger partial charge on any atom is 2.00 e. The number of rotatable bonds is 2.